The maximum absolute atomic E-state index is 11.0. The van der Waals surface area contributed by atoms with Crippen molar-refractivity contribution in [2.45, 2.75) is 0 Å². The maximum Gasteiger partial charge on any atom is 0.175 e. The van der Waals surface area contributed by atoms with Gasteiger partial charge in [0.1, 0.15) is 0 Å². The van der Waals surface area contributed by atoms with Crippen LogP contribution in [0.3, 0.4) is 0 Å². The van der Waals surface area contributed by atoms with Crippen molar-refractivity contribution in [3.8, 4) is 0 Å². The van der Waals surface area contributed by atoms with Gasteiger partial charge in [-0.3, -0.25) is 0 Å². The highest BCUT2D eigenvalue weighted by Crippen LogP contribution is 1.78. The molecule has 0 aromatic carbocycles. The molecule has 0 fully saturated rings. The van der Waals surface area contributed by atoms with Gasteiger partial charge < -0.3 is 4.55 Å². The smallest absolute Gasteiger partial charge is 0.175 e. The molecule has 0 spiro atoms. The van der Waals surface area contributed by atoms with Crippen molar-refractivity contribution in [3.05, 3.63) is 0 Å². The van der Waals surface area contributed by atoms with E-state index in [0.717, 1.165) is 0 Å². The molecular weight excluding hydrogens is 131 g/mol. The van der Waals surface area contributed by atoms with Crippen molar-refractivity contribution >= 4 is 30.2 Å². The first kappa shape index (κ1) is 5.68. The summed E-state index contributed by atoms with van der Waals surface area (Å²) in [5, 5.41) is 0. The standard InChI is InChI=1S/FHOS3/c1-5(2,3)4/h(H,2,3,4). The third kappa shape index (κ3) is 72.7. The lowest BCUT2D eigenvalue weighted by molar-refractivity contribution is 0.608. The lowest BCUT2D eigenvalue weighted by Gasteiger charge is -1.73. The summed E-state index contributed by atoms with van der Waals surface area (Å²) < 4.78 is 18.5. The van der Waals surface area contributed by atoms with Crippen LogP contribution in [0, 0.1) is 0 Å². The Labute approximate surface area is 39.1 Å². The fraction of sp³-hybridized carbons (Fsp3) is 0. The van der Waals surface area contributed by atoms with Crippen molar-refractivity contribution in [2.75, 3.05) is 0 Å². The normalized spacial score (nSPS) is 11.6. The lowest BCUT2D eigenvalue weighted by atomic mass is 15.9. The van der Waals surface area contributed by atoms with E-state index in [1.807, 2.05) is 0 Å². The van der Waals surface area contributed by atoms with E-state index >= 15 is 0 Å². The molecule has 0 unspecified atom stereocenters. The van der Waals surface area contributed by atoms with E-state index in [2.05, 4.69) is 22.4 Å². The molecule has 0 rings (SSSR count). The average molecular weight is 132 g/mol. The number of halogens is 1. The first-order chi connectivity index (χ1) is 2.00. The van der Waals surface area contributed by atoms with Crippen LogP contribution in [0.1, 0.15) is 0 Å². The summed E-state index contributed by atoms with van der Waals surface area (Å²) in [7, 11) is -3.50. The van der Waals surface area contributed by atoms with Gasteiger partial charge in [-0.1, -0.05) is 0 Å². The highest BCUT2D eigenvalue weighted by molar-refractivity contribution is 8.51. The van der Waals surface area contributed by atoms with Crippen molar-refractivity contribution in [3.63, 3.8) is 0 Å². The average Bonchev–Trinajstić information content (AvgIpc) is 0.722. The highest BCUT2D eigenvalue weighted by atomic mass is 33.1. The van der Waals surface area contributed by atoms with Gasteiger partial charge in [0, 0.05) is 22.4 Å². The molecule has 0 aliphatic rings. The minimum atomic E-state index is -3.50. The van der Waals surface area contributed by atoms with Crippen LogP contribution in [0.5, 0.6) is 0 Å². The second-order valence-electron chi connectivity index (χ2n) is 0.412. The van der Waals surface area contributed by atoms with E-state index in [-0.39, 0.29) is 0 Å². The molecule has 0 aliphatic heterocycles. The van der Waals surface area contributed by atoms with Crippen LogP contribution in [0.2, 0.25) is 0 Å². The molecule has 0 radical (unpaired) electrons. The van der Waals surface area contributed by atoms with Gasteiger partial charge >= 0.3 is 0 Å². The molecule has 0 atom stereocenters. The summed E-state index contributed by atoms with van der Waals surface area (Å²) in [6, 6.07) is 0. The third-order valence-corrected chi connectivity index (χ3v) is 0. The van der Waals surface area contributed by atoms with Gasteiger partial charge in [0.05, 0.1) is 0 Å². The molecule has 5 heavy (non-hydrogen) atoms. The number of rotatable bonds is 0. The molecule has 0 aliphatic carbocycles. The minimum absolute atomic E-state index is 3.50. The van der Waals surface area contributed by atoms with E-state index in [9.17, 15) is 3.89 Å². The van der Waals surface area contributed by atoms with E-state index < -0.39 is 7.81 Å². The molecule has 5 heteroatoms. The summed E-state index contributed by atoms with van der Waals surface area (Å²) in [6.07, 6.45) is 0. The maximum atomic E-state index is 11.0. The molecule has 0 aromatic rings. The molecular formula is HFOS3. The van der Waals surface area contributed by atoms with Gasteiger partial charge in [-0.15, -0.1) is 3.89 Å². The van der Waals surface area contributed by atoms with Crippen LogP contribution < -0.4 is 0 Å². The van der Waals surface area contributed by atoms with E-state index in [4.69, 9.17) is 4.55 Å². The summed E-state index contributed by atoms with van der Waals surface area (Å²) in [5.74, 6) is 0. The van der Waals surface area contributed by atoms with Gasteiger partial charge in [0.25, 0.3) is 0 Å². The Balaban J connectivity index is 4.06. The van der Waals surface area contributed by atoms with E-state index in [0.29, 0.717) is 0 Å². The Morgan fingerprint density at radius 1 is 1.60 bits per heavy atom. The van der Waals surface area contributed by atoms with Crippen LogP contribution in [0.4, 0.5) is 3.89 Å². The molecule has 32 valence electrons. The third-order valence-electron chi connectivity index (χ3n) is 0. The van der Waals surface area contributed by atoms with E-state index in [1.165, 1.54) is 0 Å². The van der Waals surface area contributed by atoms with Gasteiger partial charge in [-0.05, 0) is 0 Å². The van der Waals surface area contributed by atoms with Gasteiger partial charge in [-0.25, -0.2) is 0 Å². The monoisotopic (exact) mass is 132 g/mol. The summed E-state index contributed by atoms with van der Waals surface area (Å²) in [6.45, 7) is 0. The Bertz CT molecular complexity index is 90.1. The molecule has 0 saturated heterocycles. The molecule has 0 aromatic heterocycles. The largest absolute Gasteiger partial charge is 0.302 e. The first-order valence-electron chi connectivity index (χ1n) is 0.670. The van der Waals surface area contributed by atoms with Gasteiger partial charge in [0.2, 0.25) is 0 Å². The quantitative estimate of drug-likeness (QED) is 0.482. The molecule has 1 nitrogen and oxygen atoms in total. The second kappa shape index (κ2) is 1.42. The molecule has 0 saturated carbocycles. The fourth-order valence-corrected chi connectivity index (χ4v) is 0. The van der Waals surface area contributed by atoms with Crippen molar-refractivity contribution < 1.29 is 8.44 Å². The topological polar surface area (TPSA) is 20.2 Å². The van der Waals surface area contributed by atoms with Crippen LogP contribution >= 0.6 is 0 Å². The molecule has 0 heterocycles. The summed E-state index contributed by atoms with van der Waals surface area (Å²) in [4.78, 5) is 0. The molecule has 0 amide bonds. The predicted molar refractivity (Wildman–Crippen MR) is 25.8 cm³/mol. The zero-order valence-electron chi connectivity index (χ0n) is 2.05. The zero-order valence-corrected chi connectivity index (χ0v) is 4.50. The Morgan fingerprint density at radius 3 is 1.60 bits per heavy atom. The van der Waals surface area contributed by atoms with Crippen LogP contribution in [0.15, 0.2) is 0 Å². The molecule has 0 bridgehead atoms. The number of hydrogen-bond acceptors (Lipinski definition) is 2. The fourth-order valence-electron chi connectivity index (χ4n) is 0. The van der Waals surface area contributed by atoms with E-state index in [1.54, 1.807) is 0 Å². The van der Waals surface area contributed by atoms with Crippen molar-refractivity contribution in [1.29, 1.82) is 0 Å². The Kier molecular flexibility index (Phi) is 1.61. The highest BCUT2D eigenvalue weighted by Gasteiger charge is 1.76. The van der Waals surface area contributed by atoms with Gasteiger partial charge in [0.15, 0.2) is 7.81 Å². The zero-order chi connectivity index (χ0) is 4.50. The summed E-state index contributed by atoms with van der Waals surface area (Å²) in [5.41, 5.74) is 0. The predicted octanol–water partition coefficient (Wildman–Crippen LogP) is 0.422. The van der Waals surface area contributed by atoms with Crippen molar-refractivity contribution in [1.82, 2.24) is 0 Å². The second-order valence-corrected chi connectivity index (χ2v) is 4.52. The van der Waals surface area contributed by atoms with Crippen LogP contribution in [-0.2, 0) is 30.2 Å². The SMILES string of the molecule is OS(F)(=S)=S. The minimum Gasteiger partial charge on any atom is -0.302 e. The van der Waals surface area contributed by atoms with Crippen LogP contribution in [0.25, 0.3) is 0 Å². The van der Waals surface area contributed by atoms with Crippen molar-refractivity contribution in [2.24, 2.45) is 0 Å². The van der Waals surface area contributed by atoms with Gasteiger partial charge in [-0.2, -0.15) is 0 Å². The Hall–Kier alpha value is 0.680. The number of hydrogen-bond donors (Lipinski definition) is 1. The molecule has 1 N–H and O–H groups in total. The van der Waals surface area contributed by atoms with Crippen LogP contribution in [-0.4, -0.2) is 4.55 Å². The summed E-state index contributed by atoms with van der Waals surface area (Å²) >= 11 is 7.23. The first-order valence-corrected chi connectivity index (χ1v) is 4.01. The Morgan fingerprint density at radius 2 is 1.60 bits per heavy atom. The lowest BCUT2D eigenvalue weighted by Crippen LogP contribution is -1.73.